The lowest BCUT2D eigenvalue weighted by Crippen LogP contribution is -2.42. The number of aromatic hydroxyl groups is 1. The number of thioether (sulfide) groups is 1. The van der Waals surface area contributed by atoms with Crippen LogP contribution in [0, 0.1) is 6.92 Å². The predicted molar refractivity (Wildman–Crippen MR) is 95.2 cm³/mol. The van der Waals surface area contributed by atoms with Crippen molar-refractivity contribution in [1.82, 2.24) is 5.32 Å². The lowest BCUT2D eigenvalue weighted by atomic mass is 10.0. The smallest absolute Gasteiger partial charge is 0.340 e. The first kappa shape index (κ1) is 18.9. The molecule has 1 atom stereocenters. The van der Waals surface area contributed by atoms with E-state index in [9.17, 15) is 19.5 Å². The minimum absolute atomic E-state index is 0.0290. The maximum Gasteiger partial charge on any atom is 0.340 e. The Hall–Kier alpha value is -2.48. The second kappa shape index (κ2) is 8.06. The number of aryl methyl sites for hydroxylation is 1. The third-order valence-corrected chi connectivity index (χ3v) is 4.50. The number of amides is 1. The fourth-order valence-electron chi connectivity index (χ4n) is 2.49. The van der Waals surface area contributed by atoms with Crippen molar-refractivity contribution in [2.45, 2.75) is 25.8 Å². The zero-order chi connectivity index (χ0) is 18.6. The van der Waals surface area contributed by atoms with Crippen molar-refractivity contribution < 1.29 is 24.2 Å². The maximum absolute atomic E-state index is 12.2. The van der Waals surface area contributed by atoms with Gasteiger partial charge in [-0.2, -0.15) is 11.8 Å². The average molecular weight is 365 g/mol. The molecule has 0 unspecified atom stereocenters. The van der Waals surface area contributed by atoms with Gasteiger partial charge in [-0.3, -0.25) is 4.79 Å². The number of hydrogen-bond donors (Lipinski definition) is 3. The molecule has 1 amide bonds. The van der Waals surface area contributed by atoms with Crippen molar-refractivity contribution in [1.29, 1.82) is 0 Å². The Bertz CT molecular complexity index is 860. The Kier molecular flexibility index (Phi) is 6.08. The van der Waals surface area contributed by atoms with E-state index in [-0.39, 0.29) is 23.3 Å². The fraction of sp³-hybridized carbons (Fsp3) is 0.353. The molecular weight excluding hydrogens is 346 g/mol. The predicted octanol–water partition coefficient (Wildman–Crippen LogP) is 1.67. The summed E-state index contributed by atoms with van der Waals surface area (Å²) in [4.78, 5) is 35.5. The van der Waals surface area contributed by atoms with Gasteiger partial charge < -0.3 is 19.9 Å². The number of carbonyl (C=O) groups excluding carboxylic acids is 1. The first-order valence-electron chi connectivity index (χ1n) is 7.60. The van der Waals surface area contributed by atoms with Crippen molar-refractivity contribution in [2.75, 3.05) is 12.0 Å². The Labute approximate surface area is 148 Å². The summed E-state index contributed by atoms with van der Waals surface area (Å²) in [6, 6.07) is 3.39. The summed E-state index contributed by atoms with van der Waals surface area (Å²) in [5, 5.41) is 21.7. The number of phenolic OH excluding ortho intramolecular Hbond substituents is 1. The highest BCUT2D eigenvalue weighted by molar-refractivity contribution is 7.98. The lowest BCUT2D eigenvalue weighted by Gasteiger charge is -2.14. The van der Waals surface area contributed by atoms with Crippen molar-refractivity contribution in [3.8, 4) is 5.75 Å². The van der Waals surface area contributed by atoms with Gasteiger partial charge in [0.2, 0.25) is 5.91 Å². The lowest BCUT2D eigenvalue weighted by molar-refractivity contribution is -0.141. The van der Waals surface area contributed by atoms with Crippen LogP contribution < -0.4 is 10.9 Å². The molecule has 1 heterocycles. The molecule has 0 aliphatic heterocycles. The average Bonchev–Trinajstić information content (AvgIpc) is 2.54. The number of aliphatic carboxylic acids is 1. The molecular formula is C17H19NO6S. The molecule has 3 N–H and O–H groups in total. The molecule has 2 rings (SSSR count). The molecule has 1 aromatic carbocycles. The molecule has 0 aliphatic rings. The normalized spacial score (nSPS) is 12.1. The standard InChI is InChI=1S/C17H19NO6S/c1-9-11-4-3-10(19)7-14(11)24-17(23)12(9)8-15(20)18-13(16(21)22)5-6-25-2/h3-4,7,13,19H,5-6,8H2,1-2H3,(H,18,20)(H,21,22)/t13-/m1/s1. The third kappa shape index (κ3) is 4.54. The van der Waals surface area contributed by atoms with Gasteiger partial charge in [-0.15, -0.1) is 0 Å². The molecule has 0 bridgehead atoms. The van der Waals surface area contributed by atoms with Gasteiger partial charge in [0.25, 0.3) is 0 Å². The zero-order valence-electron chi connectivity index (χ0n) is 13.9. The van der Waals surface area contributed by atoms with Crippen LogP contribution in [-0.4, -0.2) is 40.1 Å². The Balaban J connectivity index is 2.24. The summed E-state index contributed by atoms with van der Waals surface area (Å²) < 4.78 is 5.16. The number of carboxylic acid groups (broad SMARTS) is 1. The highest BCUT2D eigenvalue weighted by Gasteiger charge is 2.21. The van der Waals surface area contributed by atoms with E-state index in [1.165, 1.54) is 23.9 Å². The van der Waals surface area contributed by atoms with Gasteiger partial charge in [-0.1, -0.05) is 0 Å². The van der Waals surface area contributed by atoms with Crippen LogP contribution in [0.3, 0.4) is 0 Å². The maximum atomic E-state index is 12.2. The number of rotatable bonds is 7. The van der Waals surface area contributed by atoms with Crippen molar-refractivity contribution in [3.63, 3.8) is 0 Å². The molecule has 7 nitrogen and oxygen atoms in total. The van der Waals surface area contributed by atoms with Crippen LogP contribution in [0.25, 0.3) is 11.0 Å². The van der Waals surface area contributed by atoms with Gasteiger partial charge in [0.05, 0.1) is 12.0 Å². The number of fused-ring (bicyclic) bond motifs is 1. The molecule has 0 saturated carbocycles. The van der Waals surface area contributed by atoms with Gasteiger partial charge in [0.15, 0.2) is 0 Å². The Morgan fingerprint density at radius 1 is 1.36 bits per heavy atom. The molecule has 8 heteroatoms. The molecule has 0 radical (unpaired) electrons. The van der Waals surface area contributed by atoms with Crippen LogP contribution in [-0.2, 0) is 16.0 Å². The highest BCUT2D eigenvalue weighted by atomic mass is 32.2. The fourth-order valence-corrected chi connectivity index (χ4v) is 2.96. The van der Waals surface area contributed by atoms with Gasteiger partial charge in [-0.25, -0.2) is 9.59 Å². The van der Waals surface area contributed by atoms with Crippen LogP contribution in [0.15, 0.2) is 27.4 Å². The van der Waals surface area contributed by atoms with E-state index < -0.39 is 23.5 Å². The number of hydrogen-bond acceptors (Lipinski definition) is 6. The number of nitrogens with one attached hydrogen (secondary N) is 1. The summed E-state index contributed by atoms with van der Waals surface area (Å²) in [6.07, 6.45) is 1.88. The number of carboxylic acids is 1. The Morgan fingerprint density at radius 2 is 2.08 bits per heavy atom. The largest absolute Gasteiger partial charge is 0.508 e. The zero-order valence-corrected chi connectivity index (χ0v) is 14.7. The molecule has 25 heavy (non-hydrogen) atoms. The molecule has 0 aliphatic carbocycles. The second-order valence-electron chi connectivity index (χ2n) is 5.59. The van der Waals surface area contributed by atoms with Crippen LogP contribution >= 0.6 is 11.8 Å². The minimum atomic E-state index is -1.11. The topological polar surface area (TPSA) is 117 Å². The van der Waals surface area contributed by atoms with Gasteiger partial charge >= 0.3 is 11.6 Å². The monoisotopic (exact) mass is 365 g/mol. The summed E-state index contributed by atoms with van der Waals surface area (Å²) >= 11 is 1.49. The van der Waals surface area contributed by atoms with Crippen LogP contribution in [0.4, 0.5) is 0 Å². The molecule has 0 saturated heterocycles. The number of phenols is 1. The van der Waals surface area contributed by atoms with E-state index in [1.54, 1.807) is 13.0 Å². The first-order chi connectivity index (χ1) is 11.8. The van der Waals surface area contributed by atoms with Gasteiger partial charge in [-0.05, 0) is 43.0 Å². The summed E-state index contributed by atoms with van der Waals surface area (Å²) in [7, 11) is 0. The van der Waals surface area contributed by atoms with Crippen LogP contribution in [0.1, 0.15) is 17.5 Å². The summed E-state index contributed by atoms with van der Waals surface area (Å²) in [5.41, 5.74) is 0.291. The SMILES string of the molecule is CSCC[C@@H](NC(=O)Cc1c(C)c2ccc(O)cc2oc1=O)C(=O)O. The minimum Gasteiger partial charge on any atom is -0.508 e. The second-order valence-corrected chi connectivity index (χ2v) is 6.58. The van der Waals surface area contributed by atoms with E-state index >= 15 is 0 Å². The van der Waals surface area contributed by atoms with E-state index in [0.29, 0.717) is 23.1 Å². The van der Waals surface area contributed by atoms with Crippen molar-refractivity contribution >= 4 is 34.6 Å². The van der Waals surface area contributed by atoms with Gasteiger partial charge in [0.1, 0.15) is 17.4 Å². The summed E-state index contributed by atoms with van der Waals surface area (Å²) in [6.45, 7) is 1.68. The van der Waals surface area contributed by atoms with Crippen LogP contribution in [0.5, 0.6) is 5.75 Å². The van der Waals surface area contributed by atoms with Gasteiger partial charge in [0, 0.05) is 11.5 Å². The molecule has 0 spiro atoms. The van der Waals surface area contributed by atoms with Crippen molar-refractivity contribution in [3.05, 3.63) is 39.7 Å². The first-order valence-corrected chi connectivity index (χ1v) is 8.99. The molecule has 2 aromatic rings. The highest BCUT2D eigenvalue weighted by Crippen LogP contribution is 2.23. The van der Waals surface area contributed by atoms with Crippen LogP contribution in [0.2, 0.25) is 0 Å². The number of benzene rings is 1. The molecule has 1 aromatic heterocycles. The third-order valence-electron chi connectivity index (χ3n) is 3.85. The number of carbonyl (C=O) groups is 2. The quantitative estimate of drug-likeness (QED) is 0.639. The van der Waals surface area contributed by atoms with Crippen molar-refractivity contribution in [2.24, 2.45) is 0 Å². The van der Waals surface area contributed by atoms with E-state index in [4.69, 9.17) is 9.52 Å². The van der Waals surface area contributed by atoms with E-state index in [0.717, 1.165) is 0 Å². The Morgan fingerprint density at radius 3 is 2.72 bits per heavy atom. The molecule has 134 valence electrons. The van der Waals surface area contributed by atoms with E-state index in [1.807, 2.05) is 6.26 Å². The molecule has 0 fully saturated rings. The van der Waals surface area contributed by atoms with E-state index in [2.05, 4.69) is 5.32 Å². The summed E-state index contributed by atoms with van der Waals surface area (Å²) in [5.74, 6) is -1.10.